The minimum Gasteiger partial charge on any atom is -0.490 e. The number of hydrogen-bond acceptors (Lipinski definition) is 8. The number of nitrogens with one attached hydrogen (secondary N) is 1. The number of rotatable bonds is 13. The third-order valence-corrected chi connectivity index (χ3v) is 9.61. The Bertz CT molecular complexity index is 1800. The van der Waals surface area contributed by atoms with Gasteiger partial charge >= 0.3 is 12.1 Å². The topological polar surface area (TPSA) is 149 Å². The summed E-state index contributed by atoms with van der Waals surface area (Å²) in [6.45, 7) is 3.28. The van der Waals surface area contributed by atoms with Gasteiger partial charge in [-0.2, -0.15) is 5.10 Å². The first kappa shape index (κ1) is 35.1. The number of amides is 2. The first-order valence-electron chi connectivity index (χ1n) is 15.3. The molecule has 0 radical (unpaired) electrons. The van der Waals surface area contributed by atoms with Gasteiger partial charge in [0.2, 0.25) is 0 Å². The van der Waals surface area contributed by atoms with Crippen molar-refractivity contribution in [1.82, 2.24) is 15.1 Å². The molecule has 4 aromatic rings. The second-order valence-electron chi connectivity index (χ2n) is 11.1. The van der Waals surface area contributed by atoms with Gasteiger partial charge in [-0.3, -0.25) is 19.2 Å². The van der Waals surface area contributed by atoms with Gasteiger partial charge in [-0.1, -0.05) is 41.4 Å². The molecule has 1 atom stereocenters. The van der Waals surface area contributed by atoms with Crippen molar-refractivity contribution in [3.8, 4) is 16.9 Å². The van der Waals surface area contributed by atoms with Gasteiger partial charge in [0, 0.05) is 62.2 Å². The number of carbonyl (C=O) groups is 3. The highest BCUT2D eigenvalue weighted by Gasteiger charge is 2.27. The fourth-order valence-electron chi connectivity index (χ4n) is 5.12. The van der Waals surface area contributed by atoms with Crippen molar-refractivity contribution in [3.05, 3.63) is 93.7 Å². The lowest BCUT2D eigenvalue weighted by Crippen LogP contribution is -2.36. The van der Waals surface area contributed by atoms with Crippen LogP contribution in [0.4, 0.5) is 10.5 Å². The van der Waals surface area contributed by atoms with Crippen LogP contribution in [0.25, 0.3) is 11.1 Å². The van der Waals surface area contributed by atoms with Crippen molar-refractivity contribution < 1.29 is 29.0 Å². The average molecular weight is 713 g/mol. The maximum absolute atomic E-state index is 13.1. The van der Waals surface area contributed by atoms with Crippen LogP contribution < -0.4 is 20.7 Å². The van der Waals surface area contributed by atoms with Crippen molar-refractivity contribution >= 4 is 58.6 Å². The quantitative estimate of drug-likeness (QED) is 0.137. The Morgan fingerprint density at radius 1 is 1.10 bits per heavy atom. The molecule has 0 spiro atoms. The Morgan fingerprint density at radius 3 is 2.73 bits per heavy atom. The summed E-state index contributed by atoms with van der Waals surface area (Å²) in [5, 5.41) is 17.4. The number of thioether (sulfide) groups is 1. The molecule has 0 saturated carbocycles. The van der Waals surface area contributed by atoms with E-state index in [0.717, 1.165) is 27.3 Å². The molecule has 2 amide bonds. The maximum atomic E-state index is 13.1. The van der Waals surface area contributed by atoms with Gasteiger partial charge in [-0.25, -0.2) is 4.79 Å². The summed E-state index contributed by atoms with van der Waals surface area (Å²) in [6, 6.07) is 15.3. The van der Waals surface area contributed by atoms with Gasteiger partial charge in [0.05, 0.1) is 18.4 Å². The van der Waals surface area contributed by atoms with Crippen molar-refractivity contribution in [2.75, 3.05) is 37.0 Å². The average Bonchev–Trinajstić information content (AvgIpc) is 3.55. The molecule has 2 heterocycles. The van der Waals surface area contributed by atoms with Gasteiger partial charge in [-0.15, -0.1) is 11.8 Å². The Hall–Kier alpha value is -4.23. The van der Waals surface area contributed by atoms with Gasteiger partial charge in [0.1, 0.15) is 25.0 Å². The molecule has 1 aliphatic heterocycles. The number of aromatic nitrogens is 2. The molecular weight excluding hydrogens is 677 g/mol. The number of benzene rings is 3. The molecule has 0 aliphatic carbocycles. The molecule has 1 aromatic heterocycles. The van der Waals surface area contributed by atoms with E-state index in [1.165, 1.54) is 0 Å². The van der Waals surface area contributed by atoms with Crippen LogP contribution in [0.15, 0.2) is 71.9 Å². The smallest absolute Gasteiger partial charge is 0.414 e. The van der Waals surface area contributed by atoms with E-state index in [-0.39, 0.29) is 25.5 Å². The zero-order valence-corrected chi connectivity index (χ0v) is 28.5. The zero-order valence-electron chi connectivity index (χ0n) is 26.2. The van der Waals surface area contributed by atoms with Gasteiger partial charge in [-0.05, 0) is 61.7 Å². The fraction of sp³-hybridized carbons (Fsp3) is 0.294. The summed E-state index contributed by atoms with van der Waals surface area (Å²) in [7, 11) is 0. The van der Waals surface area contributed by atoms with E-state index in [1.807, 2.05) is 43.5 Å². The third kappa shape index (κ3) is 8.62. The number of carbonyl (C=O) groups excluding carboxylic acids is 2. The van der Waals surface area contributed by atoms with E-state index < -0.39 is 18.1 Å². The number of aliphatic carboxylic acids is 1. The highest BCUT2D eigenvalue weighted by Crippen LogP contribution is 2.42. The summed E-state index contributed by atoms with van der Waals surface area (Å²) >= 11 is 14.3. The van der Waals surface area contributed by atoms with Crippen molar-refractivity contribution in [2.45, 2.75) is 37.2 Å². The van der Waals surface area contributed by atoms with Crippen LogP contribution in [0.3, 0.4) is 0 Å². The lowest BCUT2D eigenvalue weighted by Gasteiger charge is -2.29. The Balaban J connectivity index is 1.21. The number of nitrogens with zero attached hydrogens (tertiary/aromatic N) is 3. The van der Waals surface area contributed by atoms with Crippen LogP contribution in [-0.4, -0.2) is 71.0 Å². The number of hydrogen-bond donors (Lipinski definition) is 3. The molecule has 0 saturated heterocycles. The monoisotopic (exact) mass is 711 g/mol. The maximum Gasteiger partial charge on any atom is 0.414 e. The molecule has 1 aliphatic rings. The number of ether oxygens (including phenoxy) is 2. The van der Waals surface area contributed by atoms with Gasteiger partial charge in [0.25, 0.3) is 5.91 Å². The van der Waals surface area contributed by atoms with Crippen LogP contribution in [-0.2, 0) is 16.1 Å². The fourth-order valence-corrected chi connectivity index (χ4v) is 6.61. The summed E-state index contributed by atoms with van der Waals surface area (Å²) < 4.78 is 13.1. The van der Waals surface area contributed by atoms with Crippen molar-refractivity contribution in [3.63, 3.8) is 0 Å². The molecule has 14 heteroatoms. The predicted molar refractivity (Wildman–Crippen MR) is 186 cm³/mol. The van der Waals surface area contributed by atoms with E-state index in [0.29, 0.717) is 58.7 Å². The molecule has 0 unspecified atom stereocenters. The number of halogens is 2. The summed E-state index contributed by atoms with van der Waals surface area (Å²) in [4.78, 5) is 39.3. The first-order valence-corrected chi connectivity index (χ1v) is 17.0. The van der Waals surface area contributed by atoms with Crippen LogP contribution in [0.2, 0.25) is 10.0 Å². The summed E-state index contributed by atoms with van der Waals surface area (Å²) in [5.41, 5.74) is 10.1. The van der Waals surface area contributed by atoms with Gasteiger partial charge < -0.3 is 25.6 Å². The molecule has 4 N–H and O–H groups in total. The highest BCUT2D eigenvalue weighted by atomic mass is 35.5. The van der Waals surface area contributed by atoms with Crippen LogP contribution >= 0.6 is 35.0 Å². The Labute approximate surface area is 292 Å². The minimum atomic E-state index is -1.07. The molecule has 3 aromatic carbocycles. The second-order valence-corrected chi connectivity index (χ2v) is 13.0. The number of fused-ring (bicyclic) bond motifs is 1. The predicted octanol–water partition coefficient (Wildman–Crippen LogP) is 6.26. The zero-order chi connectivity index (χ0) is 34.2. The third-order valence-electron chi connectivity index (χ3n) is 7.73. The molecule has 252 valence electrons. The van der Waals surface area contributed by atoms with Gasteiger partial charge in [0.15, 0.2) is 0 Å². The first-order chi connectivity index (χ1) is 23.1. The van der Waals surface area contributed by atoms with Crippen molar-refractivity contribution in [1.29, 1.82) is 0 Å². The number of carboxylic acid groups (broad SMARTS) is 1. The normalized spacial score (nSPS) is 13.0. The van der Waals surface area contributed by atoms with E-state index in [4.69, 9.17) is 43.5 Å². The minimum absolute atomic E-state index is 0.0865. The standard InChI is InChI=1S/C34H35Cl2N5O6S/c1-21-26(35)6-3-9-30(21)46-14-15-47-34(45)41-13-16-48-31-25(5-2-8-29(31)41)24-18-39-40(20-24)19-23-17-22(10-11-27(23)36)32(42)38-12-4-7-28(37)33(43)44/h2-3,5-6,8-11,17-18,20,28H,4,7,12-16,19,37H2,1H3,(H,38,42)(H,43,44)/t28-/m0/s1. The SMILES string of the molecule is Cc1c(Cl)cccc1OCCOC(=O)N1CCSc2c(-c3cnn(Cc4cc(C(=O)NCCC[C@H](N)C(=O)O)ccc4Cl)c3)cccc21. The molecular formula is C34H35Cl2N5O6S. The lowest BCUT2D eigenvalue weighted by atomic mass is 10.1. The van der Waals surface area contributed by atoms with Crippen molar-refractivity contribution in [2.24, 2.45) is 5.73 Å². The molecule has 5 rings (SSSR count). The molecule has 0 fully saturated rings. The Kier molecular flexibility index (Phi) is 11.9. The van der Waals surface area contributed by atoms with E-state index in [9.17, 15) is 14.4 Å². The molecule has 0 bridgehead atoms. The summed E-state index contributed by atoms with van der Waals surface area (Å²) in [5.74, 6) is -0.0154. The van der Waals surface area contributed by atoms with E-state index in [1.54, 1.807) is 51.8 Å². The number of carboxylic acids is 1. The van der Waals surface area contributed by atoms with Crippen LogP contribution in [0, 0.1) is 6.92 Å². The largest absolute Gasteiger partial charge is 0.490 e. The second kappa shape index (κ2) is 16.2. The van der Waals surface area contributed by atoms with E-state index >= 15 is 0 Å². The Morgan fingerprint density at radius 2 is 1.92 bits per heavy atom. The summed E-state index contributed by atoms with van der Waals surface area (Å²) in [6.07, 6.45) is 3.91. The number of anilines is 1. The van der Waals surface area contributed by atoms with Crippen LogP contribution in [0.1, 0.15) is 34.3 Å². The number of nitrogens with two attached hydrogens (primary N) is 1. The highest BCUT2D eigenvalue weighted by molar-refractivity contribution is 7.99. The lowest BCUT2D eigenvalue weighted by molar-refractivity contribution is -0.138. The van der Waals surface area contributed by atoms with E-state index in [2.05, 4.69) is 10.4 Å². The molecule has 11 nitrogen and oxygen atoms in total. The molecule has 48 heavy (non-hydrogen) atoms. The van der Waals surface area contributed by atoms with Crippen LogP contribution in [0.5, 0.6) is 5.75 Å².